The van der Waals surface area contributed by atoms with Gasteiger partial charge < -0.3 is 14.4 Å². The molecule has 2 rings (SSSR count). The molecule has 0 radical (unpaired) electrons. The van der Waals surface area contributed by atoms with Gasteiger partial charge >= 0.3 is 12.1 Å². The molecular formula is C16H24ClN3O3. The Morgan fingerprint density at radius 2 is 2.17 bits per heavy atom. The van der Waals surface area contributed by atoms with Gasteiger partial charge in [0.1, 0.15) is 17.4 Å². The fourth-order valence-corrected chi connectivity index (χ4v) is 2.50. The van der Waals surface area contributed by atoms with Crippen LogP contribution < -0.4 is 4.74 Å². The summed E-state index contributed by atoms with van der Waals surface area (Å²) in [6.45, 7) is 8.43. The largest absolute Gasteiger partial charge is 0.461 e. The van der Waals surface area contributed by atoms with Crippen molar-refractivity contribution >= 4 is 17.7 Å². The Bertz CT molecular complexity index is 560. The van der Waals surface area contributed by atoms with Crippen molar-refractivity contribution in [2.45, 2.75) is 58.6 Å². The number of amides is 1. The number of nitrogens with zero attached hydrogens (tertiary/aromatic N) is 3. The van der Waals surface area contributed by atoms with Gasteiger partial charge in [-0.05, 0) is 47.0 Å². The molecule has 1 aromatic rings. The van der Waals surface area contributed by atoms with E-state index in [9.17, 15) is 4.79 Å². The quantitative estimate of drug-likeness (QED) is 0.786. The third-order valence-electron chi connectivity index (χ3n) is 3.55. The molecule has 6 nitrogen and oxygen atoms in total. The van der Waals surface area contributed by atoms with E-state index < -0.39 is 5.60 Å². The molecule has 2 heterocycles. The first-order chi connectivity index (χ1) is 10.8. The van der Waals surface area contributed by atoms with E-state index >= 15 is 0 Å². The number of carbonyl (C=O) groups excluding carboxylic acids is 1. The summed E-state index contributed by atoms with van der Waals surface area (Å²) >= 11 is 5.97. The molecule has 0 aromatic carbocycles. The number of hydrogen-bond acceptors (Lipinski definition) is 5. The Balaban J connectivity index is 1.98. The summed E-state index contributed by atoms with van der Waals surface area (Å²) in [6, 6.07) is 0.192. The number of aromatic nitrogens is 2. The number of rotatable bonds is 3. The highest BCUT2D eigenvalue weighted by atomic mass is 35.5. The van der Waals surface area contributed by atoms with Gasteiger partial charge in [-0.2, -0.15) is 4.98 Å². The molecular weight excluding hydrogens is 318 g/mol. The standard InChI is InChI=1S/C16H24ClN3O3/c1-11-9-18-14(19-13(11)17)22-10-12-7-5-6-8-20(12)15(21)23-16(2,3)4/h9,12H,5-8,10H2,1-4H3/t12-/m1/s1. The van der Waals surface area contributed by atoms with Crippen LogP contribution in [0.3, 0.4) is 0 Å². The fraction of sp³-hybridized carbons (Fsp3) is 0.688. The second-order valence-electron chi connectivity index (χ2n) is 6.76. The smallest absolute Gasteiger partial charge is 0.410 e. The molecule has 1 aliphatic rings. The van der Waals surface area contributed by atoms with E-state index in [4.69, 9.17) is 21.1 Å². The third-order valence-corrected chi connectivity index (χ3v) is 3.93. The second kappa shape index (κ2) is 7.34. The molecule has 0 unspecified atom stereocenters. The lowest BCUT2D eigenvalue weighted by Gasteiger charge is -2.36. The summed E-state index contributed by atoms with van der Waals surface area (Å²) in [5.41, 5.74) is 0.292. The molecule has 1 fully saturated rings. The number of piperidine rings is 1. The van der Waals surface area contributed by atoms with E-state index in [2.05, 4.69) is 9.97 Å². The summed E-state index contributed by atoms with van der Waals surface area (Å²) in [6.07, 6.45) is 4.23. The summed E-state index contributed by atoms with van der Waals surface area (Å²) < 4.78 is 11.1. The van der Waals surface area contributed by atoms with Crippen molar-refractivity contribution in [2.75, 3.05) is 13.2 Å². The van der Waals surface area contributed by atoms with Crippen LogP contribution in [0.2, 0.25) is 5.15 Å². The minimum absolute atomic E-state index is 0.0396. The van der Waals surface area contributed by atoms with E-state index in [1.54, 1.807) is 11.1 Å². The van der Waals surface area contributed by atoms with Gasteiger partial charge in [0, 0.05) is 18.3 Å². The molecule has 0 bridgehead atoms. The number of likely N-dealkylation sites (tertiary alicyclic amines) is 1. The Labute approximate surface area is 142 Å². The number of ether oxygens (including phenoxy) is 2. The van der Waals surface area contributed by atoms with Crippen molar-refractivity contribution in [1.29, 1.82) is 0 Å². The second-order valence-corrected chi connectivity index (χ2v) is 7.12. The van der Waals surface area contributed by atoms with Crippen molar-refractivity contribution in [2.24, 2.45) is 0 Å². The molecule has 1 aromatic heterocycles. The highest BCUT2D eigenvalue weighted by Crippen LogP contribution is 2.21. The van der Waals surface area contributed by atoms with Crippen LogP contribution in [0.1, 0.15) is 45.6 Å². The Morgan fingerprint density at radius 3 is 2.83 bits per heavy atom. The van der Waals surface area contributed by atoms with Gasteiger partial charge in [-0.1, -0.05) is 11.6 Å². The van der Waals surface area contributed by atoms with Crippen molar-refractivity contribution < 1.29 is 14.3 Å². The molecule has 1 atom stereocenters. The maximum atomic E-state index is 12.3. The summed E-state index contributed by atoms with van der Waals surface area (Å²) in [7, 11) is 0. The highest BCUT2D eigenvalue weighted by molar-refractivity contribution is 6.30. The molecule has 1 amide bonds. The zero-order valence-corrected chi connectivity index (χ0v) is 14.9. The lowest BCUT2D eigenvalue weighted by molar-refractivity contribution is 0.00306. The van der Waals surface area contributed by atoms with Crippen LogP contribution in [0.25, 0.3) is 0 Å². The van der Waals surface area contributed by atoms with Gasteiger partial charge in [-0.3, -0.25) is 0 Å². The normalized spacial score (nSPS) is 18.7. The van der Waals surface area contributed by atoms with E-state index in [-0.39, 0.29) is 18.1 Å². The predicted octanol–water partition coefficient (Wildman–Crippen LogP) is 3.61. The first kappa shape index (κ1) is 17.8. The highest BCUT2D eigenvalue weighted by Gasteiger charge is 2.31. The maximum Gasteiger partial charge on any atom is 0.410 e. The first-order valence-corrected chi connectivity index (χ1v) is 8.25. The van der Waals surface area contributed by atoms with Crippen LogP contribution in [0.15, 0.2) is 6.20 Å². The molecule has 7 heteroatoms. The Hall–Kier alpha value is -1.56. The zero-order valence-electron chi connectivity index (χ0n) is 14.1. The van der Waals surface area contributed by atoms with E-state index in [1.807, 2.05) is 27.7 Å². The summed E-state index contributed by atoms with van der Waals surface area (Å²) in [5.74, 6) is 0. The van der Waals surface area contributed by atoms with Gasteiger partial charge in [0.05, 0.1) is 6.04 Å². The number of hydrogen-bond donors (Lipinski definition) is 0. The zero-order chi connectivity index (χ0) is 17.0. The SMILES string of the molecule is Cc1cnc(OC[C@H]2CCCCN2C(=O)OC(C)(C)C)nc1Cl. The minimum Gasteiger partial charge on any atom is -0.461 e. The van der Waals surface area contributed by atoms with Crippen molar-refractivity contribution in [3.8, 4) is 6.01 Å². The molecule has 0 spiro atoms. The first-order valence-electron chi connectivity index (χ1n) is 7.88. The topological polar surface area (TPSA) is 64.5 Å². The van der Waals surface area contributed by atoms with Gasteiger partial charge in [-0.15, -0.1) is 0 Å². The van der Waals surface area contributed by atoms with Crippen LogP contribution in [-0.4, -0.2) is 45.8 Å². The van der Waals surface area contributed by atoms with Crippen LogP contribution in [-0.2, 0) is 4.74 Å². The van der Waals surface area contributed by atoms with E-state index in [0.29, 0.717) is 18.3 Å². The van der Waals surface area contributed by atoms with E-state index in [1.165, 1.54) is 0 Å². The van der Waals surface area contributed by atoms with Gasteiger partial charge in [0.2, 0.25) is 0 Å². The predicted molar refractivity (Wildman–Crippen MR) is 87.9 cm³/mol. The number of halogens is 1. The molecule has 1 saturated heterocycles. The van der Waals surface area contributed by atoms with Crippen LogP contribution in [0, 0.1) is 6.92 Å². The molecule has 0 N–H and O–H groups in total. The lowest BCUT2D eigenvalue weighted by Crippen LogP contribution is -2.48. The van der Waals surface area contributed by atoms with Crippen molar-refractivity contribution in [3.63, 3.8) is 0 Å². The van der Waals surface area contributed by atoms with E-state index in [0.717, 1.165) is 24.8 Å². The Kier molecular flexibility index (Phi) is 5.68. The minimum atomic E-state index is -0.506. The molecule has 0 saturated carbocycles. The average Bonchev–Trinajstić information content (AvgIpc) is 2.47. The van der Waals surface area contributed by atoms with Crippen molar-refractivity contribution in [3.05, 3.63) is 16.9 Å². The van der Waals surface area contributed by atoms with Crippen LogP contribution >= 0.6 is 11.6 Å². The fourth-order valence-electron chi connectivity index (χ4n) is 2.38. The van der Waals surface area contributed by atoms with Gasteiger partial charge in [0.15, 0.2) is 0 Å². The third kappa shape index (κ3) is 5.23. The molecule has 23 heavy (non-hydrogen) atoms. The molecule has 128 valence electrons. The number of carbonyl (C=O) groups is 1. The lowest BCUT2D eigenvalue weighted by atomic mass is 10.0. The molecule has 0 aliphatic carbocycles. The van der Waals surface area contributed by atoms with Crippen molar-refractivity contribution in [1.82, 2.24) is 14.9 Å². The van der Waals surface area contributed by atoms with Crippen LogP contribution in [0.5, 0.6) is 6.01 Å². The van der Waals surface area contributed by atoms with Gasteiger partial charge in [-0.25, -0.2) is 9.78 Å². The van der Waals surface area contributed by atoms with Crippen LogP contribution in [0.4, 0.5) is 4.79 Å². The monoisotopic (exact) mass is 341 g/mol. The van der Waals surface area contributed by atoms with Gasteiger partial charge in [0.25, 0.3) is 0 Å². The number of aryl methyl sites for hydroxylation is 1. The summed E-state index contributed by atoms with van der Waals surface area (Å²) in [4.78, 5) is 22.3. The molecule has 1 aliphatic heterocycles. The maximum absolute atomic E-state index is 12.3. The summed E-state index contributed by atoms with van der Waals surface area (Å²) in [5, 5.41) is 0.377. The average molecular weight is 342 g/mol. The Morgan fingerprint density at radius 1 is 1.43 bits per heavy atom.